The molecule has 1 aliphatic heterocycles. The van der Waals surface area contributed by atoms with Gasteiger partial charge in [0, 0.05) is 30.5 Å². The van der Waals surface area contributed by atoms with Crippen molar-refractivity contribution < 1.29 is 28.6 Å². The molecule has 2 amide bonds. The van der Waals surface area contributed by atoms with Crippen LogP contribution in [0, 0.1) is 5.92 Å². The Bertz CT molecular complexity index is 1490. The lowest BCUT2D eigenvalue weighted by Crippen LogP contribution is -2.50. The van der Waals surface area contributed by atoms with Crippen molar-refractivity contribution in [3.05, 3.63) is 64.4 Å². The summed E-state index contributed by atoms with van der Waals surface area (Å²) in [7, 11) is 4.40. The van der Waals surface area contributed by atoms with Crippen molar-refractivity contribution >= 4 is 52.7 Å². The molecule has 3 aromatic rings. The maximum atomic E-state index is 13.1. The second-order valence-electron chi connectivity index (χ2n) is 10.4. The molecule has 4 rings (SSSR count). The minimum absolute atomic E-state index is 0.0928. The van der Waals surface area contributed by atoms with E-state index in [9.17, 15) is 14.4 Å². The van der Waals surface area contributed by atoms with Gasteiger partial charge >= 0.3 is 5.97 Å². The highest BCUT2D eigenvalue weighted by molar-refractivity contribution is 7.99. The van der Waals surface area contributed by atoms with E-state index in [1.54, 1.807) is 37.6 Å². The van der Waals surface area contributed by atoms with Crippen molar-refractivity contribution in [2.45, 2.75) is 43.4 Å². The van der Waals surface area contributed by atoms with Crippen LogP contribution in [-0.2, 0) is 25.5 Å². The summed E-state index contributed by atoms with van der Waals surface area (Å²) in [5, 5.41) is 4.41. The van der Waals surface area contributed by atoms with Crippen LogP contribution in [0.25, 0.3) is 11.1 Å². The maximum Gasteiger partial charge on any atom is 0.315 e. The van der Waals surface area contributed by atoms with Crippen LogP contribution in [0.1, 0.15) is 25.3 Å². The standard InChI is InChI=1S/C31H34Cl2N4O6S/c1-18(25-11-20(9-19-5-7-23(32)24(33)10-19)16-37(25)29(39)13-30(40)43-4)36-28(38)17-44-31-34-14-22(15-35-31)21-6-8-26(41-2)27(12-21)42-3/h5-8,10,12,14-15,18,20,25H,9,11,13,16-17H2,1-4H3,(H,36,38)/t18?,20-,25+/m1/s1. The summed E-state index contributed by atoms with van der Waals surface area (Å²) in [5.41, 5.74) is 2.66. The quantitative estimate of drug-likeness (QED) is 0.123. The molecular formula is C31H34Cl2N4O6S. The molecule has 1 N–H and O–H groups in total. The van der Waals surface area contributed by atoms with Gasteiger partial charge in [-0.25, -0.2) is 9.97 Å². The molecule has 234 valence electrons. The van der Waals surface area contributed by atoms with Gasteiger partial charge < -0.3 is 24.4 Å². The average Bonchev–Trinajstić information content (AvgIpc) is 3.45. The molecule has 1 aromatic heterocycles. The van der Waals surface area contributed by atoms with Crippen LogP contribution in [0.4, 0.5) is 0 Å². The Kier molecular flexibility index (Phi) is 11.7. The Morgan fingerprint density at radius 2 is 1.73 bits per heavy atom. The molecule has 1 fully saturated rings. The first kappa shape index (κ1) is 33.4. The molecule has 2 heterocycles. The van der Waals surface area contributed by atoms with Crippen molar-refractivity contribution in [1.29, 1.82) is 0 Å². The molecule has 0 radical (unpaired) electrons. The number of ether oxygens (including phenoxy) is 3. The van der Waals surface area contributed by atoms with Gasteiger partial charge in [-0.3, -0.25) is 14.4 Å². The Morgan fingerprint density at radius 3 is 2.39 bits per heavy atom. The first-order valence-electron chi connectivity index (χ1n) is 13.9. The van der Waals surface area contributed by atoms with Crippen molar-refractivity contribution in [1.82, 2.24) is 20.2 Å². The number of benzene rings is 2. The summed E-state index contributed by atoms with van der Waals surface area (Å²) in [6.45, 7) is 2.30. The monoisotopic (exact) mass is 660 g/mol. The van der Waals surface area contributed by atoms with Gasteiger partial charge in [-0.15, -0.1) is 0 Å². The number of hydrogen-bond donors (Lipinski definition) is 1. The number of carbonyl (C=O) groups is 3. The van der Waals surface area contributed by atoms with Crippen molar-refractivity contribution in [2.75, 3.05) is 33.6 Å². The SMILES string of the molecule is COC(=O)CC(=O)N1C[C@H](Cc2ccc(Cl)c(Cl)c2)C[C@H]1C(C)NC(=O)CSc1ncc(-c2ccc(OC)c(OC)c2)cn1. The first-order chi connectivity index (χ1) is 21.1. The maximum absolute atomic E-state index is 13.1. The van der Waals surface area contributed by atoms with Gasteiger partial charge in [0.1, 0.15) is 6.42 Å². The Hall–Kier alpha value is -3.54. The van der Waals surface area contributed by atoms with Crippen LogP contribution >= 0.6 is 35.0 Å². The second-order valence-corrected chi connectivity index (χ2v) is 12.1. The number of aromatic nitrogens is 2. The number of hydrogen-bond acceptors (Lipinski definition) is 9. The third-order valence-electron chi connectivity index (χ3n) is 7.43. The largest absolute Gasteiger partial charge is 0.493 e. The van der Waals surface area contributed by atoms with E-state index in [4.69, 9.17) is 37.4 Å². The smallest absolute Gasteiger partial charge is 0.315 e. The van der Waals surface area contributed by atoms with Gasteiger partial charge in [-0.1, -0.05) is 47.1 Å². The van der Waals surface area contributed by atoms with Crippen LogP contribution in [0.3, 0.4) is 0 Å². The predicted molar refractivity (Wildman–Crippen MR) is 169 cm³/mol. The highest BCUT2D eigenvalue weighted by atomic mass is 35.5. The van der Waals surface area contributed by atoms with Crippen LogP contribution in [-0.4, -0.2) is 78.4 Å². The molecule has 1 aliphatic rings. The van der Waals surface area contributed by atoms with Crippen molar-refractivity contribution in [3.8, 4) is 22.6 Å². The molecule has 1 unspecified atom stereocenters. The number of carbonyl (C=O) groups excluding carboxylic acids is 3. The number of nitrogens with one attached hydrogen (secondary N) is 1. The van der Waals surface area contributed by atoms with E-state index < -0.39 is 5.97 Å². The fourth-order valence-corrected chi connectivity index (χ4v) is 6.16. The van der Waals surface area contributed by atoms with Crippen LogP contribution in [0.5, 0.6) is 11.5 Å². The third kappa shape index (κ3) is 8.55. The number of halogens is 2. The van der Waals surface area contributed by atoms with E-state index in [-0.39, 0.29) is 42.0 Å². The van der Waals surface area contributed by atoms with Crippen LogP contribution in [0.2, 0.25) is 10.0 Å². The van der Waals surface area contributed by atoms with Gasteiger partial charge in [-0.05, 0) is 61.1 Å². The topological polar surface area (TPSA) is 120 Å². The normalized spacial score (nSPS) is 16.7. The zero-order chi connectivity index (χ0) is 31.8. The summed E-state index contributed by atoms with van der Waals surface area (Å²) in [5.74, 6) is 0.260. The Balaban J connectivity index is 1.36. The number of esters is 1. The predicted octanol–water partition coefficient (Wildman–Crippen LogP) is 5.09. The Labute approximate surface area is 270 Å². The lowest BCUT2D eigenvalue weighted by atomic mass is 9.95. The van der Waals surface area contributed by atoms with Crippen LogP contribution < -0.4 is 14.8 Å². The fraction of sp³-hybridized carbons (Fsp3) is 0.387. The number of nitrogens with zero attached hydrogens (tertiary/aromatic N) is 3. The minimum Gasteiger partial charge on any atom is -0.493 e. The molecule has 0 saturated carbocycles. The lowest BCUT2D eigenvalue weighted by molar-refractivity contribution is -0.147. The number of thioether (sulfide) groups is 1. The summed E-state index contributed by atoms with van der Waals surface area (Å²) < 4.78 is 15.4. The van der Waals surface area contributed by atoms with Crippen molar-refractivity contribution in [2.24, 2.45) is 5.92 Å². The number of methoxy groups -OCH3 is 3. The zero-order valence-corrected chi connectivity index (χ0v) is 27.2. The van der Waals surface area contributed by atoms with Crippen molar-refractivity contribution in [3.63, 3.8) is 0 Å². The molecular weight excluding hydrogens is 627 g/mol. The van der Waals surface area contributed by atoms with Crippen LogP contribution in [0.15, 0.2) is 53.9 Å². The highest BCUT2D eigenvalue weighted by Gasteiger charge is 2.39. The molecule has 0 aliphatic carbocycles. The molecule has 1 saturated heterocycles. The summed E-state index contributed by atoms with van der Waals surface area (Å²) in [6.07, 6.45) is 4.33. The summed E-state index contributed by atoms with van der Waals surface area (Å²) >= 11 is 13.5. The van der Waals surface area contributed by atoms with E-state index in [0.29, 0.717) is 46.1 Å². The van der Waals surface area contributed by atoms with Gasteiger partial charge in [0.25, 0.3) is 0 Å². The summed E-state index contributed by atoms with van der Waals surface area (Å²) in [6, 6.07) is 10.4. The average molecular weight is 662 g/mol. The molecule has 0 spiro atoms. The number of amides is 2. The molecule has 10 nitrogen and oxygen atoms in total. The van der Waals surface area contributed by atoms with E-state index in [2.05, 4.69) is 15.3 Å². The molecule has 2 aromatic carbocycles. The number of likely N-dealkylation sites (tertiary alicyclic amines) is 1. The number of rotatable bonds is 12. The molecule has 44 heavy (non-hydrogen) atoms. The Morgan fingerprint density at radius 1 is 1.00 bits per heavy atom. The fourth-order valence-electron chi connectivity index (χ4n) is 5.24. The van der Waals surface area contributed by atoms with E-state index in [0.717, 1.165) is 16.7 Å². The minimum atomic E-state index is -0.605. The van der Waals surface area contributed by atoms with Gasteiger partial charge in [0.15, 0.2) is 16.7 Å². The summed E-state index contributed by atoms with van der Waals surface area (Å²) in [4.78, 5) is 48.3. The van der Waals surface area contributed by atoms with E-state index >= 15 is 0 Å². The third-order valence-corrected chi connectivity index (χ3v) is 9.04. The van der Waals surface area contributed by atoms with Gasteiger partial charge in [0.2, 0.25) is 11.8 Å². The molecule has 13 heteroatoms. The first-order valence-corrected chi connectivity index (χ1v) is 15.6. The van der Waals surface area contributed by atoms with Gasteiger partial charge in [0.05, 0.1) is 43.2 Å². The zero-order valence-electron chi connectivity index (χ0n) is 24.8. The van der Waals surface area contributed by atoms with E-state index in [1.807, 2.05) is 37.3 Å². The van der Waals surface area contributed by atoms with E-state index in [1.165, 1.54) is 18.9 Å². The molecule has 3 atom stereocenters. The highest BCUT2D eigenvalue weighted by Crippen LogP contribution is 2.33. The lowest BCUT2D eigenvalue weighted by Gasteiger charge is -2.30. The molecule has 0 bridgehead atoms. The van der Waals surface area contributed by atoms with Gasteiger partial charge in [-0.2, -0.15) is 0 Å². The second kappa shape index (κ2) is 15.5.